The molecule has 0 aliphatic rings. The predicted octanol–water partition coefficient (Wildman–Crippen LogP) is 1.22. The van der Waals surface area contributed by atoms with Gasteiger partial charge in [-0.25, -0.2) is 14.8 Å². The normalized spacial score (nSPS) is 10.3. The van der Waals surface area contributed by atoms with Crippen LogP contribution in [-0.4, -0.2) is 40.2 Å². The molecule has 0 aromatic carbocycles. The van der Waals surface area contributed by atoms with Gasteiger partial charge in [-0.15, -0.1) is 0 Å². The molecule has 2 aromatic rings. The van der Waals surface area contributed by atoms with Crippen LogP contribution in [0.1, 0.15) is 28.7 Å². The van der Waals surface area contributed by atoms with Crippen molar-refractivity contribution in [3.05, 3.63) is 47.8 Å². The Bertz CT molecular complexity index is 649. The van der Waals surface area contributed by atoms with Crippen molar-refractivity contribution in [1.82, 2.24) is 14.5 Å². The van der Waals surface area contributed by atoms with Crippen molar-refractivity contribution in [1.29, 1.82) is 0 Å². The monoisotopic (exact) mass is 303 g/mol. The van der Waals surface area contributed by atoms with Crippen LogP contribution in [0, 0.1) is 0 Å². The molecule has 0 aliphatic heterocycles. The van der Waals surface area contributed by atoms with E-state index in [0.717, 1.165) is 5.56 Å². The SMILES string of the molecule is CCOC(=O)Cc1cn(Cc2ccc(C(=O)OC)nc2)cn1. The Morgan fingerprint density at radius 3 is 2.73 bits per heavy atom. The predicted molar refractivity (Wildman–Crippen MR) is 77.2 cm³/mol. The lowest BCUT2D eigenvalue weighted by molar-refractivity contribution is -0.142. The Labute approximate surface area is 127 Å². The van der Waals surface area contributed by atoms with E-state index in [1.54, 1.807) is 37.8 Å². The van der Waals surface area contributed by atoms with Crippen LogP contribution in [0.15, 0.2) is 30.9 Å². The summed E-state index contributed by atoms with van der Waals surface area (Å²) in [5.74, 6) is -0.761. The minimum atomic E-state index is -0.467. The Morgan fingerprint density at radius 2 is 2.09 bits per heavy atom. The Morgan fingerprint density at radius 1 is 1.27 bits per heavy atom. The number of hydrogen-bond donors (Lipinski definition) is 0. The maximum Gasteiger partial charge on any atom is 0.356 e. The molecule has 0 saturated heterocycles. The molecule has 7 heteroatoms. The number of rotatable bonds is 6. The second-order valence-corrected chi connectivity index (χ2v) is 4.56. The average molecular weight is 303 g/mol. The number of esters is 2. The van der Waals surface area contributed by atoms with Gasteiger partial charge in [0.1, 0.15) is 5.69 Å². The first kappa shape index (κ1) is 15.7. The molecule has 116 valence electrons. The van der Waals surface area contributed by atoms with Crippen LogP contribution in [0.2, 0.25) is 0 Å². The summed E-state index contributed by atoms with van der Waals surface area (Å²) in [7, 11) is 1.31. The smallest absolute Gasteiger partial charge is 0.356 e. The minimum absolute atomic E-state index is 0.153. The van der Waals surface area contributed by atoms with E-state index < -0.39 is 5.97 Å². The quantitative estimate of drug-likeness (QED) is 0.746. The molecule has 0 unspecified atom stereocenters. The number of nitrogens with zero attached hydrogens (tertiary/aromatic N) is 3. The van der Waals surface area contributed by atoms with Gasteiger partial charge in [0.2, 0.25) is 0 Å². The third kappa shape index (κ3) is 4.15. The lowest BCUT2D eigenvalue weighted by Crippen LogP contribution is -2.07. The molecule has 0 fully saturated rings. The van der Waals surface area contributed by atoms with E-state index in [2.05, 4.69) is 14.7 Å². The lowest BCUT2D eigenvalue weighted by atomic mass is 10.2. The highest BCUT2D eigenvalue weighted by atomic mass is 16.5. The van der Waals surface area contributed by atoms with Crippen molar-refractivity contribution in [2.24, 2.45) is 0 Å². The molecule has 0 aliphatic carbocycles. The topological polar surface area (TPSA) is 83.3 Å². The van der Waals surface area contributed by atoms with Gasteiger partial charge in [-0.2, -0.15) is 0 Å². The van der Waals surface area contributed by atoms with Crippen LogP contribution in [0.25, 0.3) is 0 Å². The van der Waals surface area contributed by atoms with Crippen LogP contribution >= 0.6 is 0 Å². The number of imidazole rings is 1. The summed E-state index contributed by atoms with van der Waals surface area (Å²) in [6.07, 6.45) is 5.19. The zero-order valence-electron chi connectivity index (χ0n) is 12.5. The fourth-order valence-electron chi connectivity index (χ4n) is 1.90. The first-order valence-electron chi connectivity index (χ1n) is 6.82. The Balaban J connectivity index is 1.98. The van der Waals surface area contributed by atoms with Gasteiger partial charge in [-0.3, -0.25) is 4.79 Å². The van der Waals surface area contributed by atoms with Crippen molar-refractivity contribution >= 4 is 11.9 Å². The van der Waals surface area contributed by atoms with Gasteiger partial charge >= 0.3 is 11.9 Å². The van der Waals surface area contributed by atoms with Crippen molar-refractivity contribution in [2.75, 3.05) is 13.7 Å². The number of pyridine rings is 1. The van der Waals surface area contributed by atoms with Crippen molar-refractivity contribution in [3.63, 3.8) is 0 Å². The van der Waals surface area contributed by atoms with E-state index in [4.69, 9.17) is 4.74 Å². The molecule has 0 bridgehead atoms. The number of carbonyl (C=O) groups is 2. The van der Waals surface area contributed by atoms with Gasteiger partial charge in [-0.1, -0.05) is 6.07 Å². The Hall–Kier alpha value is -2.70. The first-order valence-corrected chi connectivity index (χ1v) is 6.82. The maximum atomic E-state index is 11.4. The van der Waals surface area contributed by atoms with Crippen molar-refractivity contribution in [3.8, 4) is 0 Å². The number of aromatic nitrogens is 3. The molecule has 0 atom stereocenters. The number of methoxy groups -OCH3 is 1. The van der Waals surface area contributed by atoms with E-state index in [1.165, 1.54) is 7.11 Å². The van der Waals surface area contributed by atoms with Gasteiger partial charge in [0.15, 0.2) is 0 Å². The molecule has 2 heterocycles. The van der Waals surface area contributed by atoms with Gasteiger partial charge in [0, 0.05) is 12.4 Å². The minimum Gasteiger partial charge on any atom is -0.466 e. The molecule has 0 spiro atoms. The van der Waals surface area contributed by atoms with Gasteiger partial charge in [0.25, 0.3) is 0 Å². The molecule has 2 aromatic heterocycles. The Kier molecular flexibility index (Phi) is 5.24. The fourth-order valence-corrected chi connectivity index (χ4v) is 1.90. The summed E-state index contributed by atoms with van der Waals surface area (Å²) in [6, 6.07) is 3.40. The second kappa shape index (κ2) is 7.35. The number of carbonyl (C=O) groups excluding carboxylic acids is 2. The third-order valence-electron chi connectivity index (χ3n) is 2.90. The zero-order valence-corrected chi connectivity index (χ0v) is 12.5. The van der Waals surface area contributed by atoms with E-state index in [0.29, 0.717) is 18.8 Å². The largest absolute Gasteiger partial charge is 0.466 e. The first-order chi connectivity index (χ1) is 10.6. The molecular formula is C15H17N3O4. The average Bonchev–Trinajstić information content (AvgIpc) is 2.94. The van der Waals surface area contributed by atoms with E-state index >= 15 is 0 Å². The van der Waals surface area contributed by atoms with Crippen LogP contribution < -0.4 is 0 Å². The zero-order chi connectivity index (χ0) is 15.9. The molecule has 0 saturated carbocycles. The lowest BCUT2D eigenvalue weighted by Gasteiger charge is -2.03. The summed E-state index contributed by atoms with van der Waals surface area (Å²) in [5, 5.41) is 0. The highest BCUT2D eigenvalue weighted by Crippen LogP contribution is 2.06. The highest BCUT2D eigenvalue weighted by Gasteiger charge is 2.08. The highest BCUT2D eigenvalue weighted by molar-refractivity contribution is 5.86. The van der Waals surface area contributed by atoms with Crippen molar-refractivity contribution in [2.45, 2.75) is 19.9 Å². The van der Waals surface area contributed by atoms with Crippen molar-refractivity contribution < 1.29 is 19.1 Å². The molecule has 0 amide bonds. The summed E-state index contributed by atoms with van der Waals surface area (Å²) >= 11 is 0. The fraction of sp³-hybridized carbons (Fsp3) is 0.333. The van der Waals surface area contributed by atoms with Crippen LogP contribution in [-0.2, 0) is 27.2 Å². The van der Waals surface area contributed by atoms with Gasteiger partial charge < -0.3 is 14.0 Å². The molecule has 0 N–H and O–H groups in total. The maximum absolute atomic E-state index is 11.4. The summed E-state index contributed by atoms with van der Waals surface area (Å²) < 4.78 is 11.3. The van der Waals surface area contributed by atoms with Crippen LogP contribution in [0.3, 0.4) is 0 Å². The molecule has 2 rings (SSSR count). The van der Waals surface area contributed by atoms with Gasteiger partial charge in [-0.05, 0) is 18.6 Å². The van der Waals surface area contributed by atoms with Gasteiger partial charge in [0.05, 0.1) is 38.7 Å². The van der Waals surface area contributed by atoms with Crippen LogP contribution in [0.5, 0.6) is 0 Å². The molecular weight excluding hydrogens is 286 g/mol. The summed E-state index contributed by atoms with van der Waals surface area (Å²) in [4.78, 5) is 30.9. The molecule has 22 heavy (non-hydrogen) atoms. The molecule has 7 nitrogen and oxygen atoms in total. The third-order valence-corrected chi connectivity index (χ3v) is 2.90. The summed E-state index contributed by atoms with van der Waals surface area (Å²) in [5.41, 5.74) is 1.82. The number of ether oxygens (including phenoxy) is 2. The van der Waals surface area contributed by atoms with E-state index in [1.807, 2.05) is 4.57 Å². The summed E-state index contributed by atoms with van der Waals surface area (Å²) in [6.45, 7) is 2.67. The molecule has 0 radical (unpaired) electrons. The standard InChI is InChI=1S/C15H17N3O4/c1-3-22-14(19)6-12-9-18(10-17-12)8-11-4-5-13(16-7-11)15(20)21-2/h4-5,7,9-10H,3,6,8H2,1-2H3. The van der Waals surface area contributed by atoms with E-state index in [-0.39, 0.29) is 18.1 Å². The second-order valence-electron chi connectivity index (χ2n) is 4.56. The van der Waals surface area contributed by atoms with E-state index in [9.17, 15) is 9.59 Å². The number of hydrogen-bond acceptors (Lipinski definition) is 6. The van der Waals surface area contributed by atoms with Crippen LogP contribution in [0.4, 0.5) is 0 Å².